The number of carbonyl (C=O) groups is 2. The van der Waals surface area contributed by atoms with E-state index in [0.717, 1.165) is 12.0 Å². The number of aromatic nitrogens is 1. The van der Waals surface area contributed by atoms with Crippen molar-refractivity contribution >= 4 is 17.6 Å². The van der Waals surface area contributed by atoms with E-state index in [1.54, 1.807) is 17.2 Å². The van der Waals surface area contributed by atoms with Crippen molar-refractivity contribution in [2.24, 2.45) is 0 Å². The normalized spacial score (nSPS) is 16.0. The fourth-order valence-electron chi connectivity index (χ4n) is 2.91. The molecule has 0 spiro atoms. The van der Waals surface area contributed by atoms with Gasteiger partial charge in [0.25, 0.3) is 5.91 Å². The Balaban J connectivity index is 1.74. The van der Waals surface area contributed by atoms with Crippen molar-refractivity contribution in [2.45, 2.75) is 32.3 Å². The highest BCUT2D eigenvalue weighted by atomic mass is 16.5. The van der Waals surface area contributed by atoms with Crippen LogP contribution in [0.2, 0.25) is 0 Å². The molecule has 3 rings (SSSR count). The summed E-state index contributed by atoms with van der Waals surface area (Å²) < 4.78 is 5.91. The molecule has 2 heterocycles. The number of benzene rings is 1. The minimum atomic E-state index is -0.693. The second-order valence-electron chi connectivity index (χ2n) is 6.18. The summed E-state index contributed by atoms with van der Waals surface area (Å²) in [5.74, 6) is 0.944. The van der Waals surface area contributed by atoms with Crippen LogP contribution < -0.4 is 15.0 Å². The lowest BCUT2D eigenvalue weighted by molar-refractivity contribution is -0.127. The molecule has 136 valence electrons. The van der Waals surface area contributed by atoms with Crippen molar-refractivity contribution in [1.29, 1.82) is 0 Å². The lowest BCUT2D eigenvalue weighted by atomic mass is 10.1. The van der Waals surface area contributed by atoms with E-state index in [0.29, 0.717) is 37.5 Å². The lowest BCUT2D eigenvalue weighted by Gasteiger charge is -2.33. The Morgan fingerprint density at radius 2 is 2.04 bits per heavy atom. The Bertz CT molecular complexity index is 764. The zero-order valence-corrected chi connectivity index (χ0v) is 14.9. The molecule has 6 heteroatoms. The number of anilines is 1. The van der Waals surface area contributed by atoms with Crippen LogP contribution in [0.5, 0.6) is 5.75 Å². The van der Waals surface area contributed by atoms with Crippen molar-refractivity contribution in [3.8, 4) is 5.75 Å². The van der Waals surface area contributed by atoms with Crippen LogP contribution in [0.4, 0.5) is 5.82 Å². The maximum absolute atomic E-state index is 13.0. The van der Waals surface area contributed by atoms with Crippen LogP contribution in [0.25, 0.3) is 0 Å². The zero-order chi connectivity index (χ0) is 18.4. The van der Waals surface area contributed by atoms with Gasteiger partial charge in [-0.3, -0.25) is 14.5 Å². The van der Waals surface area contributed by atoms with E-state index >= 15 is 0 Å². The first-order valence-electron chi connectivity index (χ1n) is 8.95. The summed E-state index contributed by atoms with van der Waals surface area (Å²) in [4.78, 5) is 30.7. The highest BCUT2D eigenvalue weighted by molar-refractivity contribution is 5.99. The molecular formula is C20H23N3O3. The third-order valence-electron chi connectivity index (χ3n) is 4.20. The summed E-state index contributed by atoms with van der Waals surface area (Å²) in [6.07, 6.45) is 2.80. The Labute approximate surface area is 153 Å². The number of ether oxygens (including phenoxy) is 1. The van der Waals surface area contributed by atoms with Gasteiger partial charge in [0.2, 0.25) is 12.0 Å². The molecule has 0 saturated heterocycles. The molecule has 0 fully saturated rings. The first kappa shape index (κ1) is 17.9. The molecule has 0 aliphatic carbocycles. The smallest absolute Gasteiger partial charge is 0.274 e. The standard InChI is InChI=1S/C20H23N3O3/c1-2-12-21-17(24)11-7-14-23-19-16(10-6-13-22-19)26-18(20(23)25)15-8-4-3-5-9-15/h3-6,8-10,13,18H,2,7,11-12,14H2,1H3,(H,21,24)/t18-/m0/s1. The highest BCUT2D eigenvalue weighted by Gasteiger charge is 2.36. The molecule has 0 radical (unpaired) electrons. The quantitative estimate of drug-likeness (QED) is 0.831. The van der Waals surface area contributed by atoms with E-state index in [1.807, 2.05) is 43.3 Å². The van der Waals surface area contributed by atoms with Gasteiger partial charge in [0.15, 0.2) is 11.6 Å². The number of fused-ring (bicyclic) bond motifs is 1. The molecule has 1 aromatic carbocycles. The molecule has 1 aliphatic rings. The SMILES string of the molecule is CCCNC(=O)CCCN1C(=O)[C@H](c2ccccc2)Oc2cccnc21. The lowest BCUT2D eigenvalue weighted by Crippen LogP contribution is -2.42. The molecule has 0 unspecified atom stereocenters. The van der Waals surface area contributed by atoms with Crippen LogP contribution in [0.1, 0.15) is 37.9 Å². The fourth-order valence-corrected chi connectivity index (χ4v) is 2.91. The van der Waals surface area contributed by atoms with Gasteiger partial charge in [0.05, 0.1) is 0 Å². The topological polar surface area (TPSA) is 71.5 Å². The van der Waals surface area contributed by atoms with Crippen molar-refractivity contribution in [3.05, 3.63) is 54.2 Å². The molecule has 2 amide bonds. The Kier molecular flexibility index (Phi) is 5.84. The first-order chi connectivity index (χ1) is 12.7. The molecule has 2 aromatic rings. The summed E-state index contributed by atoms with van der Waals surface area (Å²) in [6, 6.07) is 13.0. The average molecular weight is 353 g/mol. The van der Waals surface area contributed by atoms with E-state index < -0.39 is 6.10 Å². The van der Waals surface area contributed by atoms with Crippen LogP contribution >= 0.6 is 0 Å². The molecule has 0 saturated carbocycles. The first-order valence-corrected chi connectivity index (χ1v) is 8.95. The van der Waals surface area contributed by atoms with E-state index in [2.05, 4.69) is 10.3 Å². The monoisotopic (exact) mass is 353 g/mol. The predicted octanol–water partition coefficient (Wildman–Crippen LogP) is 2.85. The molecular weight excluding hydrogens is 330 g/mol. The minimum Gasteiger partial charge on any atom is -0.472 e. The fraction of sp³-hybridized carbons (Fsp3) is 0.350. The van der Waals surface area contributed by atoms with Crippen molar-refractivity contribution in [3.63, 3.8) is 0 Å². The van der Waals surface area contributed by atoms with Crippen molar-refractivity contribution < 1.29 is 14.3 Å². The predicted molar refractivity (Wildman–Crippen MR) is 98.9 cm³/mol. The summed E-state index contributed by atoms with van der Waals surface area (Å²) in [7, 11) is 0. The van der Waals surface area contributed by atoms with Crippen LogP contribution in [0.3, 0.4) is 0 Å². The van der Waals surface area contributed by atoms with Crippen molar-refractivity contribution in [2.75, 3.05) is 18.0 Å². The average Bonchev–Trinajstić information content (AvgIpc) is 2.68. The second kappa shape index (κ2) is 8.47. The van der Waals surface area contributed by atoms with Crippen LogP contribution in [0, 0.1) is 0 Å². The number of nitrogens with zero attached hydrogens (tertiary/aromatic N) is 2. The number of rotatable bonds is 7. The number of amides is 2. The molecule has 6 nitrogen and oxygen atoms in total. The maximum Gasteiger partial charge on any atom is 0.274 e. The second-order valence-corrected chi connectivity index (χ2v) is 6.18. The molecule has 1 N–H and O–H groups in total. The molecule has 1 atom stereocenters. The Hall–Kier alpha value is -2.89. The molecule has 0 bridgehead atoms. The van der Waals surface area contributed by atoms with Gasteiger partial charge in [-0.1, -0.05) is 37.3 Å². The Morgan fingerprint density at radius 3 is 2.81 bits per heavy atom. The summed E-state index contributed by atoms with van der Waals surface area (Å²) in [5.41, 5.74) is 0.803. The molecule has 26 heavy (non-hydrogen) atoms. The van der Waals surface area contributed by atoms with Gasteiger partial charge >= 0.3 is 0 Å². The van der Waals surface area contributed by atoms with Gasteiger partial charge in [0.1, 0.15) is 0 Å². The van der Waals surface area contributed by atoms with Gasteiger partial charge in [0, 0.05) is 31.3 Å². The van der Waals surface area contributed by atoms with Gasteiger partial charge in [-0.05, 0) is 25.0 Å². The number of hydrogen-bond donors (Lipinski definition) is 1. The Morgan fingerprint density at radius 1 is 1.23 bits per heavy atom. The third kappa shape index (κ3) is 4.02. The maximum atomic E-state index is 13.0. The largest absolute Gasteiger partial charge is 0.472 e. The highest BCUT2D eigenvalue weighted by Crippen LogP contribution is 2.37. The van der Waals surface area contributed by atoms with Crippen LogP contribution in [0.15, 0.2) is 48.7 Å². The van der Waals surface area contributed by atoms with E-state index in [9.17, 15) is 9.59 Å². The van der Waals surface area contributed by atoms with Crippen molar-refractivity contribution in [1.82, 2.24) is 10.3 Å². The number of carbonyl (C=O) groups excluding carboxylic acids is 2. The number of nitrogens with one attached hydrogen (secondary N) is 1. The van der Waals surface area contributed by atoms with Crippen LogP contribution in [-0.2, 0) is 9.59 Å². The van der Waals surface area contributed by atoms with Crippen LogP contribution in [-0.4, -0.2) is 29.9 Å². The molecule has 1 aromatic heterocycles. The third-order valence-corrected chi connectivity index (χ3v) is 4.20. The van der Waals surface area contributed by atoms with E-state index in [1.165, 1.54) is 0 Å². The number of pyridine rings is 1. The number of hydrogen-bond acceptors (Lipinski definition) is 4. The molecule has 1 aliphatic heterocycles. The van der Waals surface area contributed by atoms with Gasteiger partial charge in [-0.2, -0.15) is 0 Å². The van der Waals surface area contributed by atoms with E-state index in [-0.39, 0.29) is 11.8 Å². The van der Waals surface area contributed by atoms with E-state index in [4.69, 9.17) is 4.74 Å². The van der Waals surface area contributed by atoms with Gasteiger partial charge < -0.3 is 10.1 Å². The van der Waals surface area contributed by atoms with Gasteiger partial charge in [-0.25, -0.2) is 4.98 Å². The minimum absolute atomic E-state index is 0.00779. The summed E-state index contributed by atoms with van der Waals surface area (Å²) in [5, 5.41) is 2.85. The zero-order valence-electron chi connectivity index (χ0n) is 14.9. The van der Waals surface area contributed by atoms with Gasteiger partial charge in [-0.15, -0.1) is 0 Å². The summed E-state index contributed by atoms with van der Waals surface area (Å²) in [6.45, 7) is 3.11. The summed E-state index contributed by atoms with van der Waals surface area (Å²) >= 11 is 0.